The zero-order valence-electron chi connectivity index (χ0n) is 11.6. The van der Waals surface area contributed by atoms with Gasteiger partial charge in [-0.15, -0.1) is 10.2 Å². The van der Waals surface area contributed by atoms with Gasteiger partial charge in [0.05, 0.1) is 0 Å². The average Bonchev–Trinajstić information content (AvgIpc) is 2.66. The first-order valence-corrected chi connectivity index (χ1v) is 7.50. The standard InChI is InChI=1S/C14H19ClN4O/c1-19-10-2-3-11(19)7-9(6-10)8-16-14(20)12-4-5-13(15)18-17-12/h4-5,9-11H,2-3,6-8H2,1H3,(H,16,20). The molecule has 2 unspecified atom stereocenters. The van der Waals surface area contributed by atoms with Crippen LogP contribution in [0.5, 0.6) is 0 Å². The maximum absolute atomic E-state index is 12.0. The van der Waals surface area contributed by atoms with Gasteiger partial charge >= 0.3 is 0 Å². The van der Waals surface area contributed by atoms with Crippen molar-refractivity contribution in [2.75, 3.05) is 13.6 Å². The fraction of sp³-hybridized carbons (Fsp3) is 0.643. The summed E-state index contributed by atoms with van der Waals surface area (Å²) in [5.41, 5.74) is 0.324. The molecule has 2 aliphatic rings. The van der Waals surface area contributed by atoms with E-state index in [2.05, 4.69) is 27.5 Å². The Bertz CT molecular complexity index is 478. The molecular formula is C14H19ClN4O. The molecule has 1 amide bonds. The van der Waals surface area contributed by atoms with E-state index < -0.39 is 0 Å². The first kappa shape index (κ1) is 13.8. The van der Waals surface area contributed by atoms with Crippen LogP contribution in [0.2, 0.25) is 5.15 Å². The maximum atomic E-state index is 12.0. The highest BCUT2D eigenvalue weighted by Gasteiger charge is 2.38. The number of nitrogens with one attached hydrogen (secondary N) is 1. The van der Waals surface area contributed by atoms with E-state index in [4.69, 9.17) is 11.6 Å². The third kappa shape index (κ3) is 2.79. The zero-order chi connectivity index (χ0) is 14.1. The highest BCUT2D eigenvalue weighted by atomic mass is 35.5. The number of halogens is 1. The normalized spacial score (nSPS) is 29.4. The fourth-order valence-corrected chi connectivity index (χ4v) is 3.56. The van der Waals surface area contributed by atoms with Crippen molar-refractivity contribution in [3.63, 3.8) is 0 Å². The van der Waals surface area contributed by atoms with Crippen molar-refractivity contribution < 1.29 is 4.79 Å². The largest absolute Gasteiger partial charge is 0.350 e. The summed E-state index contributed by atoms with van der Waals surface area (Å²) in [6.07, 6.45) is 4.96. The molecule has 2 saturated heterocycles. The molecule has 108 valence electrons. The summed E-state index contributed by atoms with van der Waals surface area (Å²) in [7, 11) is 2.22. The third-order valence-corrected chi connectivity index (χ3v) is 4.81. The first-order valence-electron chi connectivity index (χ1n) is 7.13. The molecule has 0 aliphatic carbocycles. The molecule has 2 fully saturated rings. The molecule has 3 rings (SSSR count). The number of nitrogens with zero attached hydrogens (tertiary/aromatic N) is 3. The number of hydrogen-bond donors (Lipinski definition) is 1. The van der Waals surface area contributed by atoms with Gasteiger partial charge in [-0.05, 0) is 50.8 Å². The monoisotopic (exact) mass is 294 g/mol. The van der Waals surface area contributed by atoms with Crippen LogP contribution >= 0.6 is 11.6 Å². The second-order valence-corrected chi connectivity index (χ2v) is 6.23. The number of amides is 1. The minimum atomic E-state index is -0.166. The zero-order valence-corrected chi connectivity index (χ0v) is 12.3. The molecule has 2 aliphatic heterocycles. The Balaban J connectivity index is 1.52. The molecule has 2 bridgehead atoms. The van der Waals surface area contributed by atoms with E-state index in [9.17, 15) is 4.79 Å². The first-order chi connectivity index (χ1) is 9.63. The lowest BCUT2D eigenvalue weighted by molar-refractivity contribution is 0.0911. The number of rotatable bonds is 3. The predicted octanol–water partition coefficient (Wildman–Crippen LogP) is 1.73. The topological polar surface area (TPSA) is 58.1 Å². The van der Waals surface area contributed by atoms with Crippen LogP contribution < -0.4 is 5.32 Å². The van der Waals surface area contributed by atoms with Gasteiger partial charge in [-0.1, -0.05) is 11.6 Å². The minimum Gasteiger partial charge on any atom is -0.350 e. The van der Waals surface area contributed by atoms with Crippen LogP contribution in [-0.2, 0) is 0 Å². The lowest BCUT2D eigenvalue weighted by Crippen LogP contribution is -2.43. The summed E-state index contributed by atoms with van der Waals surface area (Å²) < 4.78 is 0. The van der Waals surface area contributed by atoms with Crippen LogP contribution in [0, 0.1) is 5.92 Å². The van der Waals surface area contributed by atoms with Crippen LogP contribution in [0.25, 0.3) is 0 Å². The molecule has 5 nitrogen and oxygen atoms in total. The number of fused-ring (bicyclic) bond motifs is 2. The molecule has 1 aromatic rings. The molecule has 3 heterocycles. The Morgan fingerprint density at radius 3 is 2.65 bits per heavy atom. The van der Waals surface area contributed by atoms with E-state index in [0.29, 0.717) is 28.8 Å². The number of hydrogen-bond acceptors (Lipinski definition) is 4. The van der Waals surface area contributed by atoms with E-state index in [1.54, 1.807) is 12.1 Å². The summed E-state index contributed by atoms with van der Waals surface area (Å²) in [4.78, 5) is 14.5. The molecule has 20 heavy (non-hydrogen) atoms. The van der Waals surface area contributed by atoms with Gasteiger partial charge in [0.15, 0.2) is 10.8 Å². The number of aromatic nitrogens is 2. The average molecular weight is 295 g/mol. The summed E-state index contributed by atoms with van der Waals surface area (Å²) in [5, 5.41) is 10.7. The highest BCUT2D eigenvalue weighted by molar-refractivity contribution is 6.29. The van der Waals surface area contributed by atoms with Gasteiger partial charge in [0.2, 0.25) is 0 Å². The third-order valence-electron chi connectivity index (χ3n) is 4.61. The van der Waals surface area contributed by atoms with Crippen molar-refractivity contribution in [1.29, 1.82) is 0 Å². The number of piperidine rings is 1. The molecular weight excluding hydrogens is 276 g/mol. The highest BCUT2D eigenvalue weighted by Crippen LogP contribution is 2.36. The molecule has 1 N–H and O–H groups in total. The van der Waals surface area contributed by atoms with Crippen molar-refractivity contribution in [1.82, 2.24) is 20.4 Å². The van der Waals surface area contributed by atoms with Gasteiger partial charge in [-0.2, -0.15) is 0 Å². The number of carbonyl (C=O) groups is 1. The summed E-state index contributed by atoms with van der Waals surface area (Å²) >= 11 is 5.66. The minimum absolute atomic E-state index is 0.166. The Morgan fingerprint density at radius 2 is 2.05 bits per heavy atom. The molecule has 2 atom stereocenters. The predicted molar refractivity (Wildman–Crippen MR) is 76.7 cm³/mol. The Labute approximate surface area is 123 Å². The van der Waals surface area contributed by atoms with Gasteiger partial charge < -0.3 is 10.2 Å². The lowest BCUT2D eigenvalue weighted by atomic mass is 9.91. The van der Waals surface area contributed by atoms with Crippen molar-refractivity contribution in [2.24, 2.45) is 5.92 Å². The molecule has 6 heteroatoms. The van der Waals surface area contributed by atoms with Crippen LogP contribution in [0.4, 0.5) is 0 Å². The van der Waals surface area contributed by atoms with Gasteiger partial charge in [-0.25, -0.2) is 0 Å². The lowest BCUT2D eigenvalue weighted by Gasteiger charge is -2.36. The quantitative estimate of drug-likeness (QED) is 0.922. The van der Waals surface area contributed by atoms with E-state index in [1.165, 1.54) is 25.7 Å². The van der Waals surface area contributed by atoms with Crippen molar-refractivity contribution >= 4 is 17.5 Å². The second kappa shape index (κ2) is 5.66. The maximum Gasteiger partial charge on any atom is 0.271 e. The second-order valence-electron chi connectivity index (χ2n) is 5.84. The van der Waals surface area contributed by atoms with Crippen LogP contribution in [0.3, 0.4) is 0 Å². The van der Waals surface area contributed by atoms with Gasteiger partial charge in [0.25, 0.3) is 5.91 Å². The van der Waals surface area contributed by atoms with E-state index in [0.717, 1.165) is 6.54 Å². The van der Waals surface area contributed by atoms with Crippen LogP contribution in [0.15, 0.2) is 12.1 Å². The van der Waals surface area contributed by atoms with Gasteiger partial charge in [0.1, 0.15) is 0 Å². The Kier molecular flexibility index (Phi) is 3.89. The summed E-state index contributed by atoms with van der Waals surface area (Å²) in [6, 6.07) is 4.58. The van der Waals surface area contributed by atoms with Crippen LogP contribution in [0.1, 0.15) is 36.2 Å². The smallest absolute Gasteiger partial charge is 0.271 e. The van der Waals surface area contributed by atoms with E-state index >= 15 is 0 Å². The Hall–Kier alpha value is -1.20. The fourth-order valence-electron chi connectivity index (χ4n) is 3.46. The van der Waals surface area contributed by atoms with E-state index in [-0.39, 0.29) is 5.91 Å². The van der Waals surface area contributed by atoms with Crippen molar-refractivity contribution in [2.45, 2.75) is 37.8 Å². The van der Waals surface area contributed by atoms with Crippen molar-refractivity contribution in [3.8, 4) is 0 Å². The molecule has 0 radical (unpaired) electrons. The van der Waals surface area contributed by atoms with Gasteiger partial charge in [-0.3, -0.25) is 4.79 Å². The summed E-state index contributed by atoms with van der Waals surface area (Å²) in [5.74, 6) is 0.411. The van der Waals surface area contributed by atoms with Gasteiger partial charge in [0, 0.05) is 18.6 Å². The molecule has 0 spiro atoms. The molecule has 0 aromatic carbocycles. The SMILES string of the molecule is CN1C2CCC1CC(CNC(=O)c1ccc(Cl)nn1)C2. The summed E-state index contributed by atoms with van der Waals surface area (Å²) in [6.45, 7) is 0.726. The van der Waals surface area contributed by atoms with Crippen LogP contribution in [-0.4, -0.2) is 46.7 Å². The Morgan fingerprint density at radius 1 is 1.35 bits per heavy atom. The van der Waals surface area contributed by atoms with Crippen molar-refractivity contribution in [3.05, 3.63) is 23.0 Å². The van der Waals surface area contributed by atoms with E-state index in [1.807, 2.05) is 0 Å². The molecule has 1 aromatic heterocycles. The molecule has 0 saturated carbocycles. The number of carbonyl (C=O) groups excluding carboxylic acids is 1.